The van der Waals surface area contributed by atoms with Gasteiger partial charge in [0.1, 0.15) is 0 Å². The highest BCUT2D eigenvalue weighted by molar-refractivity contribution is 6.73. The lowest BCUT2D eigenvalue weighted by atomic mass is 9.58. The van der Waals surface area contributed by atoms with Crippen LogP contribution in [-0.4, -0.2) is 12.3 Å². The van der Waals surface area contributed by atoms with Gasteiger partial charge in [0.15, 0.2) is 7.28 Å². The lowest BCUT2D eigenvalue weighted by Gasteiger charge is -2.37. The van der Waals surface area contributed by atoms with E-state index in [0.29, 0.717) is 0 Å². The maximum Gasteiger partial charge on any atom is 0.198 e. The number of aromatic nitrogens is 1. The van der Waals surface area contributed by atoms with Crippen molar-refractivity contribution in [1.29, 1.82) is 0 Å². The van der Waals surface area contributed by atoms with Crippen molar-refractivity contribution in [3.8, 4) is 11.1 Å². The zero-order valence-corrected chi connectivity index (χ0v) is 32.4. The van der Waals surface area contributed by atoms with Gasteiger partial charge in [0.05, 0.1) is 5.52 Å². The molecular formula is C54H39BN4. The van der Waals surface area contributed by atoms with Crippen LogP contribution in [-0.2, 0) is 0 Å². The fourth-order valence-corrected chi connectivity index (χ4v) is 8.94. The van der Waals surface area contributed by atoms with Crippen LogP contribution >= 0.6 is 0 Å². The highest BCUT2D eigenvalue weighted by atomic mass is 15.2. The average Bonchev–Trinajstić information content (AvgIpc) is 3.69. The van der Waals surface area contributed by atoms with Crippen molar-refractivity contribution in [1.82, 2.24) is 4.98 Å². The van der Waals surface area contributed by atoms with E-state index in [0.717, 1.165) is 63.8 Å². The van der Waals surface area contributed by atoms with Gasteiger partial charge >= 0.3 is 0 Å². The molecule has 0 bridgehead atoms. The predicted molar refractivity (Wildman–Crippen MR) is 252 cm³/mol. The molecule has 1 aromatic heterocycles. The molecule has 4 nitrogen and oxygen atoms in total. The summed E-state index contributed by atoms with van der Waals surface area (Å²) in [4.78, 5) is 11.1. The second kappa shape index (κ2) is 14.6. The minimum Gasteiger partial charge on any atom is -0.354 e. The Bertz CT molecular complexity index is 3000. The topological polar surface area (TPSA) is 25.5 Å². The maximum absolute atomic E-state index is 3.85. The van der Waals surface area contributed by atoms with Gasteiger partial charge in [-0.15, -0.1) is 0 Å². The molecule has 0 atom stereocenters. The molecule has 11 rings (SSSR count). The van der Waals surface area contributed by atoms with Crippen LogP contribution in [0.4, 0.5) is 51.2 Å². The minimum absolute atomic E-state index is 0.752. The summed E-state index contributed by atoms with van der Waals surface area (Å²) in [7, 11) is 0.752. The Balaban J connectivity index is 1.19. The van der Waals surface area contributed by atoms with E-state index in [1.807, 2.05) is 0 Å². The van der Waals surface area contributed by atoms with Crippen molar-refractivity contribution in [3.63, 3.8) is 0 Å². The molecule has 0 unspecified atom stereocenters. The van der Waals surface area contributed by atoms with E-state index in [9.17, 15) is 0 Å². The number of benzene rings is 9. The Morgan fingerprint density at radius 3 is 1.51 bits per heavy atom. The third-order valence-corrected chi connectivity index (χ3v) is 11.5. The number of rotatable bonds is 8. The molecule has 0 amide bonds. The number of hydrogen-bond acceptors (Lipinski definition) is 3. The summed E-state index contributed by atoms with van der Waals surface area (Å²) >= 11 is 0. The van der Waals surface area contributed by atoms with Gasteiger partial charge in [-0.2, -0.15) is 0 Å². The highest BCUT2D eigenvalue weighted by Crippen LogP contribution is 2.45. The first-order valence-corrected chi connectivity index (χ1v) is 20.2. The van der Waals surface area contributed by atoms with Crippen molar-refractivity contribution in [2.75, 3.05) is 14.7 Å². The van der Waals surface area contributed by atoms with Gasteiger partial charge in [-0.3, -0.25) is 0 Å². The summed E-state index contributed by atoms with van der Waals surface area (Å²) in [6, 6.07) is 80.8. The number of aromatic amines is 1. The van der Waals surface area contributed by atoms with Gasteiger partial charge in [-0.1, -0.05) is 133 Å². The van der Waals surface area contributed by atoms with E-state index in [1.54, 1.807) is 0 Å². The van der Waals surface area contributed by atoms with Crippen molar-refractivity contribution in [2.24, 2.45) is 0 Å². The summed E-state index contributed by atoms with van der Waals surface area (Å²) in [6.07, 6.45) is 0. The number of hydrogen-bond donors (Lipinski definition) is 1. The minimum atomic E-state index is 0.752. The number of H-pyrrole nitrogens is 1. The molecule has 0 radical (unpaired) electrons. The van der Waals surface area contributed by atoms with Crippen LogP contribution < -0.4 is 25.6 Å². The van der Waals surface area contributed by atoms with Crippen molar-refractivity contribution < 1.29 is 0 Å². The molecule has 0 fully saturated rings. The van der Waals surface area contributed by atoms with Crippen LogP contribution in [0.2, 0.25) is 0 Å². The Labute approximate surface area is 345 Å². The molecule has 2 heterocycles. The standard InChI is InChI=1S/C54H39BN4/c1-6-19-38(20-7-1)57(39-21-8-2-9-22-39)43-33-34-51-49(36-43)55-53-48(47-31-18-30-46-45-29-16-17-32-50(45)56-54(46)47)35-44(37-52(53)59(51)42-27-14-5-15-28-42)58(40-23-10-3-11-24-40)41-25-12-4-13-26-41/h1-37,55-56H. The normalized spacial score (nSPS) is 11.8. The van der Waals surface area contributed by atoms with Crippen LogP contribution in [0.1, 0.15) is 0 Å². The zero-order chi connectivity index (χ0) is 39.1. The summed E-state index contributed by atoms with van der Waals surface area (Å²) in [6.45, 7) is 0. The summed E-state index contributed by atoms with van der Waals surface area (Å²) in [5.74, 6) is 0. The highest BCUT2D eigenvalue weighted by Gasteiger charge is 2.31. The molecule has 1 aliphatic heterocycles. The van der Waals surface area contributed by atoms with Gasteiger partial charge in [0, 0.05) is 73.0 Å². The van der Waals surface area contributed by atoms with E-state index < -0.39 is 0 Å². The van der Waals surface area contributed by atoms with E-state index in [2.05, 4.69) is 244 Å². The van der Waals surface area contributed by atoms with Gasteiger partial charge in [-0.05, 0) is 108 Å². The molecule has 1 N–H and O–H groups in total. The van der Waals surface area contributed by atoms with E-state index in [1.165, 1.54) is 38.5 Å². The lowest BCUT2D eigenvalue weighted by Crippen LogP contribution is -2.41. The summed E-state index contributed by atoms with van der Waals surface area (Å²) < 4.78 is 0. The Kier molecular flexibility index (Phi) is 8.56. The fraction of sp³-hybridized carbons (Fsp3) is 0. The van der Waals surface area contributed by atoms with Gasteiger partial charge in [0.2, 0.25) is 0 Å². The first kappa shape index (κ1) is 34.5. The van der Waals surface area contributed by atoms with Gasteiger partial charge in [0.25, 0.3) is 0 Å². The summed E-state index contributed by atoms with van der Waals surface area (Å²) in [5.41, 5.74) is 17.3. The Morgan fingerprint density at radius 2 is 0.898 bits per heavy atom. The molecule has 10 aromatic rings. The second-order valence-electron chi connectivity index (χ2n) is 15.1. The second-order valence-corrected chi connectivity index (χ2v) is 15.1. The molecular weight excluding hydrogens is 715 g/mol. The molecule has 5 heteroatoms. The molecule has 59 heavy (non-hydrogen) atoms. The van der Waals surface area contributed by atoms with Crippen LogP contribution in [0.5, 0.6) is 0 Å². The molecule has 278 valence electrons. The molecule has 0 spiro atoms. The van der Waals surface area contributed by atoms with Gasteiger partial charge < -0.3 is 19.7 Å². The first-order chi connectivity index (χ1) is 29.3. The van der Waals surface area contributed by atoms with E-state index >= 15 is 0 Å². The predicted octanol–water partition coefficient (Wildman–Crippen LogP) is 13.1. The molecule has 0 saturated heterocycles. The fourth-order valence-electron chi connectivity index (χ4n) is 8.94. The van der Waals surface area contributed by atoms with Crippen LogP contribution in [0.3, 0.4) is 0 Å². The average molecular weight is 755 g/mol. The number of nitrogens with zero attached hydrogens (tertiary/aromatic N) is 3. The maximum atomic E-state index is 3.85. The van der Waals surface area contributed by atoms with Crippen molar-refractivity contribution in [3.05, 3.63) is 224 Å². The van der Waals surface area contributed by atoms with Crippen molar-refractivity contribution in [2.45, 2.75) is 0 Å². The number of fused-ring (bicyclic) bond motifs is 5. The third-order valence-electron chi connectivity index (χ3n) is 11.5. The van der Waals surface area contributed by atoms with Crippen LogP contribution in [0.25, 0.3) is 32.9 Å². The molecule has 1 aliphatic rings. The van der Waals surface area contributed by atoms with Crippen LogP contribution in [0.15, 0.2) is 224 Å². The first-order valence-electron chi connectivity index (χ1n) is 20.2. The number of anilines is 9. The Hall–Kier alpha value is -7.76. The quantitative estimate of drug-likeness (QED) is 0.156. The molecule has 0 saturated carbocycles. The van der Waals surface area contributed by atoms with E-state index in [-0.39, 0.29) is 0 Å². The monoisotopic (exact) mass is 754 g/mol. The SMILES string of the molecule is B1c2cc(N(c3ccccc3)c3ccccc3)ccc2N(c2ccccc2)c2cc(N(c3ccccc3)c3ccccc3)cc(-c3cccc4c3[nH]c3ccccc34)c21. The Morgan fingerprint density at radius 1 is 0.373 bits per heavy atom. The van der Waals surface area contributed by atoms with E-state index in [4.69, 9.17) is 0 Å². The smallest absolute Gasteiger partial charge is 0.198 e. The number of para-hydroxylation sites is 7. The van der Waals surface area contributed by atoms with Crippen LogP contribution in [0, 0.1) is 0 Å². The molecule has 0 aliphatic carbocycles. The third kappa shape index (κ3) is 6.12. The summed E-state index contributed by atoms with van der Waals surface area (Å²) in [5, 5.41) is 2.45. The largest absolute Gasteiger partial charge is 0.354 e. The van der Waals surface area contributed by atoms with Crippen molar-refractivity contribution >= 4 is 91.2 Å². The molecule has 9 aromatic carbocycles. The number of nitrogens with one attached hydrogen (secondary N) is 1. The van der Waals surface area contributed by atoms with Gasteiger partial charge in [-0.25, -0.2) is 0 Å². The lowest BCUT2D eigenvalue weighted by molar-refractivity contribution is 1.25. The zero-order valence-electron chi connectivity index (χ0n) is 32.4.